The second kappa shape index (κ2) is 4.18. The molecule has 3 heterocycles. The van der Waals surface area contributed by atoms with Gasteiger partial charge in [-0.1, -0.05) is 0 Å². The standard InChI is InChI=1S/C11H10N6O2/c12-4-6-3-5(1-2-13-6)8-14-7-9(15-8)16-11(19)17-10(7)18/h1-3H,4,12H2,(H3,14,15,16,17,18,19). The van der Waals surface area contributed by atoms with E-state index in [9.17, 15) is 9.59 Å². The van der Waals surface area contributed by atoms with Crippen molar-refractivity contribution < 1.29 is 0 Å². The predicted octanol–water partition coefficient (Wildman–Crippen LogP) is -0.540. The van der Waals surface area contributed by atoms with Gasteiger partial charge in [0.15, 0.2) is 5.65 Å². The topological polar surface area (TPSA) is 133 Å². The predicted molar refractivity (Wildman–Crippen MR) is 68.5 cm³/mol. The molecule has 3 rings (SSSR count). The molecule has 0 saturated carbocycles. The average molecular weight is 258 g/mol. The van der Waals surface area contributed by atoms with Crippen LogP contribution in [0.3, 0.4) is 0 Å². The van der Waals surface area contributed by atoms with Crippen LogP contribution in [0.1, 0.15) is 5.69 Å². The number of hydrogen-bond acceptors (Lipinski definition) is 5. The van der Waals surface area contributed by atoms with Crippen LogP contribution in [0, 0.1) is 0 Å². The van der Waals surface area contributed by atoms with E-state index < -0.39 is 11.2 Å². The van der Waals surface area contributed by atoms with Crippen molar-refractivity contribution >= 4 is 11.2 Å². The highest BCUT2D eigenvalue weighted by Gasteiger charge is 2.09. The Morgan fingerprint density at radius 3 is 2.84 bits per heavy atom. The Labute approximate surface area is 105 Å². The normalized spacial score (nSPS) is 11.0. The van der Waals surface area contributed by atoms with Crippen LogP contribution in [0.15, 0.2) is 27.9 Å². The van der Waals surface area contributed by atoms with E-state index in [0.717, 1.165) is 5.56 Å². The van der Waals surface area contributed by atoms with Crippen molar-refractivity contribution in [1.82, 2.24) is 24.9 Å². The van der Waals surface area contributed by atoms with Crippen molar-refractivity contribution in [2.45, 2.75) is 6.54 Å². The number of H-pyrrole nitrogens is 3. The Balaban J connectivity index is 2.23. The van der Waals surface area contributed by atoms with Crippen LogP contribution in [-0.2, 0) is 6.54 Å². The lowest BCUT2D eigenvalue weighted by atomic mass is 10.2. The lowest BCUT2D eigenvalue weighted by molar-refractivity contribution is 0.990. The first-order valence-electron chi connectivity index (χ1n) is 5.55. The highest BCUT2D eigenvalue weighted by Crippen LogP contribution is 2.17. The summed E-state index contributed by atoms with van der Waals surface area (Å²) in [5.41, 5.74) is 6.31. The second-order valence-corrected chi connectivity index (χ2v) is 3.96. The van der Waals surface area contributed by atoms with Gasteiger partial charge in [-0.25, -0.2) is 9.78 Å². The van der Waals surface area contributed by atoms with Crippen molar-refractivity contribution in [3.8, 4) is 11.4 Å². The van der Waals surface area contributed by atoms with Crippen LogP contribution in [0.4, 0.5) is 0 Å². The minimum atomic E-state index is -0.590. The summed E-state index contributed by atoms with van der Waals surface area (Å²) in [6, 6.07) is 3.51. The summed E-state index contributed by atoms with van der Waals surface area (Å²) >= 11 is 0. The number of pyridine rings is 1. The molecule has 8 heteroatoms. The molecule has 3 aromatic rings. The molecule has 0 bridgehead atoms. The third kappa shape index (κ3) is 1.93. The monoisotopic (exact) mass is 258 g/mol. The summed E-state index contributed by atoms with van der Waals surface area (Å²) in [7, 11) is 0. The Morgan fingerprint density at radius 1 is 1.21 bits per heavy atom. The minimum absolute atomic E-state index is 0.217. The fourth-order valence-electron chi connectivity index (χ4n) is 1.81. The zero-order chi connectivity index (χ0) is 13.4. The molecule has 5 N–H and O–H groups in total. The second-order valence-electron chi connectivity index (χ2n) is 3.96. The highest BCUT2D eigenvalue weighted by molar-refractivity contribution is 5.74. The van der Waals surface area contributed by atoms with Gasteiger partial charge in [-0.3, -0.25) is 19.7 Å². The number of rotatable bonds is 2. The van der Waals surface area contributed by atoms with Crippen molar-refractivity contribution in [3.63, 3.8) is 0 Å². The molecule has 0 fully saturated rings. The molecule has 0 aliphatic heterocycles. The Morgan fingerprint density at radius 2 is 2.05 bits per heavy atom. The van der Waals surface area contributed by atoms with Crippen molar-refractivity contribution in [3.05, 3.63) is 44.9 Å². The molecule has 0 aromatic carbocycles. The molecule has 0 atom stereocenters. The number of nitrogens with zero attached hydrogens (tertiary/aromatic N) is 2. The summed E-state index contributed by atoms with van der Waals surface area (Å²) in [6.45, 7) is 0.311. The Bertz CT molecular complexity index is 859. The molecule has 0 unspecified atom stereocenters. The van der Waals surface area contributed by atoms with Gasteiger partial charge in [-0.2, -0.15) is 0 Å². The summed E-state index contributed by atoms with van der Waals surface area (Å²) in [6.07, 6.45) is 1.61. The average Bonchev–Trinajstić information content (AvgIpc) is 2.83. The highest BCUT2D eigenvalue weighted by atomic mass is 16.2. The van der Waals surface area contributed by atoms with Gasteiger partial charge in [-0.05, 0) is 12.1 Å². The van der Waals surface area contributed by atoms with Crippen LogP contribution in [0.2, 0.25) is 0 Å². The summed E-state index contributed by atoms with van der Waals surface area (Å²) in [5, 5.41) is 0. The minimum Gasteiger partial charge on any atom is -0.332 e. The number of aromatic amines is 3. The van der Waals surface area contributed by atoms with Crippen LogP contribution in [0.5, 0.6) is 0 Å². The van der Waals surface area contributed by atoms with E-state index in [4.69, 9.17) is 5.73 Å². The van der Waals surface area contributed by atoms with Crippen molar-refractivity contribution in [1.29, 1.82) is 0 Å². The van der Waals surface area contributed by atoms with Gasteiger partial charge < -0.3 is 10.7 Å². The van der Waals surface area contributed by atoms with Crippen LogP contribution in [0.25, 0.3) is 22.6 Å². The maximum Gasteiger partial charge on any atom is 0.327 e. The molecular weight excluding hydrogens is 248 g/mol. The fraction of sp³-hybridized carbons (Fsp3) is 0.0909. The molecule has 0 amide bonds. The number of nitrogens with two attached hydrogens (primary N) is 1. The molecule has 0 saturated heterocycles. The number of imidazole rings is 1. The fourth-order valence-corrected chi connectivity index (χ4v) is 1.81. The summed E-state index contributed by atoms with van der Waals surface area (Å²) in [5.74, 6) is 0.472. The van der Waals surface area contributed by atoms with E-state index in [0.29, 0.717) is 18.1 Å². The van der Waals surface area contributed by atoms with E-state index in [1.54, 1.807) is 18.3 Å². The van der Waals surface area contributed by atoms with Gasteiger partial charge in [0.1, 0.15) is 11.3 Å². The van der Waals surface area contributed by atoms with Gasteiger partial charge in [0.05, 0.1) is 5.69 Å². The van der Waals surface area contributed by atoms with E-state index in [2.05, 4.69) is 24.9 Å². The molecule has 8 nitrogen and oxygen atoms in total. The molecule has 0 aliphatic rings. The third-order valence-corrected chi connectivity index (χ3v) is 2.69. The molecule has 0 spiro atoms. The molecule has 0 aliphatic carbocycles. The SMILES string of the molecule is NCc1cc(-c2nc3[nH]c(=O)[nH]c(=O)c3[nH]2)ccn1. The van der Waals surface area contributed by atoms with E-state index in [-0.39, 0.29) is 11.2 Å². The smallest absolute Gasteiger partial charge is 0.327 e. The van der Waals surface area contributed by atoms with Gasteiger partial charge in [0.2, 0.25) is 0 Å². The Hall–Kier alpha value is -2.74. The van der Waals surface area contributed by atoms with Crippen molar-refractivity contribution in [2.24, 2.45) is 5.73 Å². The quantitative estimate of drug-likeness (QED) is 0.490. The lowest BCUT2D eigenvalue weighted by Gasteiger charge is -1.98. The number of aromatic nitrogens is 5. The summed E-state index contributed by atoms with van der Waals surface area (Å²) in [4.78, 5) is 38.5. The maximum absolute atomic E-state index is 11.6. The van der Waals surface area contributed by atoms with Gasteiger partial charge in [0.25, 0.3) is 5.56 Å². The van der Waals surface area contributed by atoms with Gasteiger partial charge in [0, 0.05) is 18.3 Å². The molecule has 96 valence electrons. The van der Waals surface area contributed by atoms with Crippen LogP contribution < -0.4 is 17.0 Å². The van der Waals surface area contributed by atoms with E-state index in [1.165, 1.54) is 0 Å². The van der Waals surface area contributed by atoms with Crippen LogP contribution >= 0.6 is 0 Å². The summed E-state index contributed by atoms with van der Waals surface area (Å²) < 4.78 is 0. The maximum atomic E-state index is 11.6. The third-order valence-electron chi connectivity index (χ3n) is 2.69. The lowest BCUT2D eigenvalue weighted by Crippen LogP contribution is -2.21. The first kappa shape index (κ1) is 11.4. The molecule has 3 aromatic heterocycles. The van der Waals surface area contributed by atoms with Crippen LogP contribution in [-0.4, -0.2) is 24.9 Å². The van der Waals surface area contributed by atoms with Gasteiger partial charge in [-0.15, -0.1) is 0 Å². The number of nitrogens with one attached hydrogen (secondary N) is 3. The molecular formula is C11H10N6O2. The van der Waals surface area contributed by atoms with Crippen molar-refractivity contribution in [2.75, 3.05) is 0 Å². The van der Waals surface area contributed by atoms with E-state index >= 15 is 0 Å². The van der Waals surface area contributed by atoms with E-state index in [1.807, 2.05) is 0 Å². The number of fused-ring (bicyclic) bond motifs is 1. The zero-order valence-electron chi connectivity index (χ0n) is 9.73. The number of hydrogen-bond donors (Lipinski definition) is 4. The first-order valence-corrected chi connectivity index (χ1v) is 5.55. The molecule has 19 heavy (non-hydrogen) atoms. The molecule has 0 radical (unpaired) electrons. The Kier molecular flexibility index (Phi) is 2.50. The van der Waals surface area contributed by atoms with Gasteiger partial charge >= 0.3 is 5.69 Å². The zero-order valence-corrected chi connectivity index (χ0v) is 9.73. The largest absolute Gasteiger partial charge is 0.332 e. The first-order chi connectivity index (χ1) is 9.17.